The summed E-state index contributed by atoms with van der Waals surface area (Å²) in [6.45, 7) is 1.16. The number of nitrogens with one attached hydrogen (secondary N) is 1. The lowest BCUT2D eigenvalue weighted by molar-refractivity contribution is -0.120. The van der Waals surface area contributed by atoms with Crippen molar-refractivity contribution in [2.24, 2.45) is 0 Å². The molecule has 0 aliphatic carbocycles. The molecule has 0 radical (unpaired) electrons. The number of carbonyl (C=O) groups excluding carboxylic acids is 1. The number of amides is 1. The first-order chi connectivity index (χ1) is 14.5. The van der Waals surface area contributed by atoms with Crippen molar-refractivity contribution in [1.82, 2.24) is 9.62 Å². The quantitative estimate of drug-likeness (QED) is 0.567. The van der Waals surface area contributed by atoms with Crippen LogP contribution in [0.2, 0.25) is 0 Å². The number of benzene rings is 1. The van der Waals surface area contributed by atoms with E-state index in [1.54, 1.807) is 27.8 Å². The molecule has 0 spiro atoms. The number of carbonyl (C=O) groups is 1. The molecule has 1 amide bonds. The molecule has 1 aromatic carbocycles. The standard InChI is InChI=1S/C22H24N2O3S3/c25-20(23-22(19-10-7-15-28-19)17-8-3-1-4-9-17)16-18-11-12-21(29-18)30(26,27)24-13-5-2-6-14-24/h1,3-4,7-12,15,22H,2,5-6,13-14,16H2,(H,23,25). The molecule has 1 saturated heterocycles. The van der Waals surface area contributed by atoms with Gasteiger partial charge in [-0.25, -0.2) is 8.42 Å². The van der Waals surface area contributed by atoms with E-state index < -0.39 is 10.0 Å². The molecule has 8 heteroatoms. The van der Waals surface area contributed by atoms with Gasteiger partial charge in [0, 0.05) is 22.8 Å². The van der Waals surface area contributed by atoms with Crippen LogP contribution in [0.25, 0.3) is 0 Å². The summed E-state index contributed by atoms with van der Waals surface area (Å²) in [7, 11) is -3.46. The fourth-order valence-corrected chi connectivity index (χ4v) is 7.44. The van der Waals surface area contributed by atoms with Crippen LogP contribution >= 0.6 is 22.7 Å². The molecular formula is C22H24N2O3S3. The van der Waals surface area contributed by atoms with Crippen molar-refractivity contribution in [1.29, 1.82) is 0 Å². The Morgan fingerprint density at radius 3 is 2.47 bits per heavy atom. The van der Waals surface area contributed by atoms with Gasteiger partial charge in [0.25, 0.3) is 10.0 Å². The molecule has 1 fully saturated rings. The first-order valence-corrected chi connectivity index (χ1v) is 13.1. The fourth-order valence-electron chi connectivity index (χ4n) is 3.61. The summed E-state index contributed by atoms with van der Waals surface area (Å²) < 4.78 is 27.6. The van der Waals surface area contributed by atoms with E-state index in [0.717, 1.165) is 34.6 Å². The van der Waals surface area contributed by atoms with Gasteiger partial charge in [0.05, 0.1) is 12.5 Å². The van der Waals surface area contributed by atoms with Gasteiger partial charge in [-0.1, -0.05) is 42.8 Å². The number of nitrogens with zero attached hydrogens (tertiary/aromatic N) is 1. The molecule has 2 aromatic heterocycles. The van der Waals surface area contributed by atoms with E-state index in [9.17, 15) is 13.2 Å². The van der Waals surface area contributed by atoms with Crippen molar-refractivity contribution in [3.63, 3.8) is 0 Å². The van der Waals surface area contributed by atoms with Crippen LogP contribution in [0.3, 0.4) is 0 Å². The summed E-state index contributed by atoms with van der Waals surface area (Å²) >= 11 is 2.79. The van der Waals surface area contributed by atoms with Crippen molar-refractivity contribution in [3.05, 3.63) is 75.3 Å². The van der Waals surface area contributed by atoms with Gasteiger partial charge < -0.3 is 5.32 Å². The number of hydrogen-bond donors (Lipinski definition) is 1. The lowest BCUT2D eigenvalue weighted by Crippen LogP contribution is -2.35. The van der Waals surface area contributed by atoms with Gasteiger partial charge in [-0.3, -0.25) is 4.79 Å². The summed E-state index contributed by atoms with van der Waals surface area (Å²) in [5, 5.41) is 5.11. The van der Waals surface area contributed by atoms with Gasteiger partial charge in [0.1, 0.15) is 4.21 Å². The van der Waals surface area contributed by atoms with E-state index >= 15 is 0 Å². The van der Waals surface area contributed by atoms with Gasteiger partial charge in [-0.15, -0.1) is 22.7 Å². The monoisotopic (exact) mass is 460 g/mol. The Labute approximate surface area is 185 Å². The summed E-state index contributed by atoms with van der Waals surface area (Å²) in [4.78, 5) is 14.6. The SMILES string of the molecule is O=C(Cc1ccc(S(=O)(=O)N2CCCCC2)s1)NC(c1ccccc1)c1cccs1. The Kier molecular flexibility index (Phi) is 6.67. The van der Waals surface area contributed by atoms with E-state index in [1.807, 2.05) is 47.8 Å². The second-order valence-corrected chi connectivity index (χ2v) is 11.6. The van der Waals surface area contributed by atoms with Crippen LogP contribution in [0, 0.1) is 0 Å². The minimum absolute atomic E-state index is 0.124. The van der Waals surface area contributed by atoms with Crippen LogP contribution in [0.4, 0.5) is 0 Å². The van der Waals surface area contributed by atoms with Crippen LogP contribution < -0.4 is 5.32 Å². The number of sulfonamides is 1. The molecule has 0 saturated carbocycles. The highest BCUT2D eigenvalue weighted by molar-refractivity contribution is 7.91. The van der Waals surface area contributed by atoms with Crippen LogP contribution in [0.15, 0.2) is 64.2 Å². The molecule has 1 aliphatic heterocycles. The van der Waals surface area contributed by atoms with Crippen molar-refractivity contribution in [2.45, 2.75) is 35.9 Å². The van der Waals surface area contributed by atoms with Crippen LogP contribution in [-0.4, -0.2) is 31.7 Å². The second-order valence-electron chi connectivity index (χ2n) is 7.29. The zero-order chi connectivity index (χ0) is 21.0. The van der Waals surface area contributed by atoms with E-state index in [1.165, 1.54) is 11.3 Å². The lowest BCUT2D eigenvalue weighted by atomic mass is 10.1. The first-order valence-electron chi connectivity index (χ1n) is 10.0. The van der Waals surface area contributed by atoms with Crippen molar-refractivity contribution in [3.8, 4) is 0 Å². The fraction of sp³-hybridized carbons (Fsp3) is 0.318. The third kappa shape index (κ3) is 4.83. The molecular weight excluding hydrogens is 436 g/mol. The average molecular weight is 461 g/mol. The molecule has 1 atom stereocenters. The third-order valence-corrected chi connectivity index (χ3v) is 9.54. The minimum atomic E-state index is -3.46. The topological polar surface area (TPSA) is 66.5 Å². The number of hydrogen-bond acceptors (Lipinski definition) is 5. The first kappa shape index (κ1) is 21.2. The maximum absolute atomic E-state index is 12.8. The van der Waals surface area contributed by atoms with Gasteiger partial charge in [0.2, 0.25) is 5.91 Å². The van der Waals surface area contributed by atoms with Crippen LogP contribution in [0.5, 0.6) is 0 Å². The largest absolute Gasteiger partial charge is 0.344 e. The highest BCUT2D eigenvalue weighted by Gasteiger charge is 2.27. The van der Waals surface area contributed by atoms with E-state index in [0.29, 0.717) is 17.3 Å². The Balaban J connectivity index is 1.46. The number of rotatable bonds is 7. The van der Waals surface area contributed by atoms with Crippen LogP contribution in [0.1, 0.15) is 40.6 Å². The lowest BCUT2D eigenvalue weighted by Gasteiger charge is -2.25. The third-order valence-electron chi connectivity index (χ3n) is 5.15. The maximum atomic E-state index is 12.8. The summed E-state index contributed by atoms with van der Waals surface area (Å²) in [5.41, 5.74) is 1.02. The van der Waals surface area contributed by atoms with Crippen molar-refractivity contribution < 1.29 is 13.2 Å². The number of piperidine rings is 1. The summed E-state index contributed by atoms with van der Waals surface area (Å²) in [5.74, 6) is -0.124. The van der Waals surface area contributed by atoms with E-state index in [-0.39, 0.29) is 18.4 Å². The second kappa shape index (κ2) is 9.43. The van der Waals surface area contributed by atoms with E-state index in [2.05, 4.69) is 5.32 Å². The highest BCUT2D eigenvalue weighted by atomic mass is 32.2. The zero-order valence-corrected chi connectivity index (χ0v) is 18.9. The van der Waals surface area contributed by atoms with Crippen molar-refractivity contribution in [2.75, 3.05) is 13.1 Å². The Morgan fingerprint density at radius 1 is 1.00 bits per heavy atom. The molecule has 1 aliphatic rings. The smallest absolute Gasteiger partial charge is 0.252 e. The molecule has 4 rings (SSSR count). The van der Waals surface area contributed by atoms with E-state index in [4.69, 9.17) is 0 Å². The Hall–Kier alpha value is -2.00. The average Bonchev–Trinajstić information content (AvgIpc) is 3.46. The maximum Gasteiger partial charge on any atom is 0.252 e. The molecule has 158 valence electrons. The normalized spacial score (nSPS) is 16.3. The highest BCUT2D eigenvalue weighted by Crippen LogP contribution is 2.29. The molecule has 1 N–H and O–H groups in total. The van der Waals surface area contributed by atoms with Gasteiger partial charge in [0.15, 0.2) is 0 Å². The van der Waals surface area contributed by atoms with Crippen molar-refractivity contribution >= 4 is 38.6 Å². The number of thiophene rings is 2. The Morgan fingerprint density at radius 2 is 1.77 bits per heavy atom. The molecule has 5 nitrogen and oxygen atoms in total. The summed E-state index contributed by atoms with van der Waals surface area (Å²) in [6, 6.07) is 17.0. The molecule has 0 bridgehead atoms. The molecule has 3 aromatic rings. The minimum Gasteiger partial charge on any atom is -0.344 e. The Bertz CT molecular complexity index is 1070. The molecule has 30 heavy (non-hydrogen) atoms. The summed E-state index contributed by atoms with van der Waals surface area (Å²) in [6.07, 6.45) is 3.05. The predicted octanol–water partition coefficient (Wildman–Crippen LogP) is 4.43. The van der Waals surface area contributed by atoms with Gasteiger partial charge in [-0.05, 0) is 42.0 Å². The predicted molar refractivity (Wildman–Crippen MR) is 121 cm³/mol. The molecule has 1 unspecified atom stereocenters. The van der Waals surface area contributed by atoms with Gasteiger partial charge in [-0.2, -0.15) is 4.31 Å². The zero-order valence-electron chi connectivity index (χ0n) is 16.5. The molecule has 3 heterocycles. The van der Waals surface area contributed by atoms with Gasteiger partial charge >= 0.3 is 0 Å². The van der Waals surface area contributed by atoms with Crippen LogP contribution in [-0.2, 0) is 21.2 Å².